The molecule has 0 spiro atoms. The SMILES string of the molecule is CCS.CCc1nccn1C. The molecule has 0 fully saturated rings. The van der Waals surface area contributed by atoms with Crippen LogP contribution in [0, 0.1) is 0 Å². The second kappa shape index (κ2) is 6.28. The molecule has 11 heavy (non-hydrogen) atoms. The molecule has 1 rings (SSSR count). The molecule has 0 N–H and O–H groups in total. The van der Waals surface area contributed by atoms with Gasteiger partial charge in [0, 0.05) is 25.9 Å². The van der Waals surface area contributed by atoms with E-state index in [9.17, 15) is 0 Å². The van der Waals surface area contributed by atoms with Gasteiger partial charge in [0.15, 0.2) is 0 Å². The fraction of sp³-hybridized carbons (Fsp3) is 0.625. The maximum absolute atomic E-state index is 4.10. The molecule has 0 aliphatic rings. The lowest BCUT2D eigenvalue weighted by molar-refractivity contribution is 0.808. The van der Waals surface area contributed by atoms with Crippen LogP contribution in [0.25, 0.3) is 0 Å². The van der Waals surface area contributed by atoms with Crippen molar-refractivity contribution in [3.63, 3.8) is 0 Å². The van der Waals surface area contributed by atoms with Gasteiger partial charge < -0.3 is 4.57 Å². The van der Waals surface area contributed by atoms with E-state index < -0.39 is 0 Å². The minimum atomic E-state index is 0.944. The summed E-state index contributed by atoms with van der Waals surface area (Å²) in [5.74, 6) is 2.09. The topological polar surface area (TPSA) is 17.8 Å². The van der Waals surface area contributed by atoms with Gasteiger partial charge in [-0.25, -0.2) is 4.98 Å². The molecule has 64 valence electrons. The zero-order valence-electron chi connectivity index (χ0n) is 7.41. The van der Waals surface area contributed by atoms with Gasteiger partial charge in [-0.15, -0.1) is 0 Å². The van der Waals surface area contributed by atoms with Gasteiger partial charge in [0.05, 0.1) is 0 Å². The summed E-state index contributed by atoms with van der Waals surface area (Å²) >= 11 is 3.79. The lowest BCUT2D eigenvalue weighted by Gasteiger charge is -1.92. The minimum absolute atomic E-state index is 0.944. The number of aromatic nitrogens is 2. The molecule has 0 aliphatic carbocycles. The van der Waals surface area contributed by atoms with Crippen molar-refractivity contribution in [1.29, 1.82) is 0 Å². The number of thiol groups is 1. The van der Waals surface area contributed by atoms with E-state index in [0.29, 0.717) is 0 Å². The molecule has 0 aliphatic heterocycles. The summed E-state index contributed by atoms with van der Waals surface area (Å²) in [4.78, 5) is 4.10. The highest BCUT2D eigenvalue weighted by Gasteiger charge is 1.90. The molecule has 0 bridgehead atoms. The molecule has 1 aromatic rings. The molecule has 2 nitrogen and oxygen atoms in total. The number of nitrogens with zero attached hydrogens (tertiary/aromatic N) is 2. The monoisotopic (exact) mass is 172 g/mol. The Balaban J connectivity index is 0.000000292. The van der Waals surface area contributed by atoms with Crippen LogP contribution in [0.2, 0.25) is 0 Å². The average Bonchev–Trinajstić information content (AvgIpc) is 2.36. The third-order valence-electron chi connectivity index (χ3n) is 1.24. The zero-order chi connectivity index (χ0) is 8.69. The molecule has 0 atom stereocenters. The summed E-state index contributed by atoms with van der Waals surface area (Å²) in [6.45, 7) is 4.09. The van der Waals surface area contributed by atoms with Crippen LogP contribution in [0.5, 0.6) is 0 Å². The Kier molecular flexibility index (Phi) is 6.03. The highest BCUT2D eigenvalue weighted by Crippen LogP contribution is 1.92. The largest absolute Gasteiger partial charge is 0.338 e. The van der Waals surface area contributed by atoms with E-state index in [2.05, 4.69) is 24.5 Å². The highest BCUT2D eigenvalue weighted by atomic mass is 32.1. The normalized spacial score (nSPS) is 8.73. The zero-order valence-corrected chi connectivity index (χ0v) is 8.30. The molecule has 0 amide bonds. The van der Waals surface area contributed by atoms with Crippen LogP contribution >= 0.6 is 12.6 Å². The highest BCUT2D eigenvalue weighted by molar-refractivity contribution is 7.80. The maximum atomic E-state index is 4.10. The van der Waals surface area contributed by atoms with Crippen LogP contribution in [-0.4, -0.2) is 15.3 Å². The molecular formula is C8H16N2S. The summed E-state index contributed by atoms with van der Waals surface area (Å²) in [6, 6.07) is 0. The number of hydrogen-bond donors (Lipinski definition) is 1. The van der Waals surface area contributed by atoms with Gasteiger partial charge in [-0.2, -0.15) is 12.6 Å². The molecule has 0 radical (unpaired) electrons. The van der Waals surface area contributed by atoms with E-state index in [0.717, 1.165) is 18.0 Å². The fourth-order valence-corrected chi connectivity index (χ4v) is 0.737. The van der Waals surface area contributed by atoms with Crippen LogP contribution in [0.1, 0.15) is 19.7 Å². The van der Waals surface area contributed by atoms with Crippen molar-refractivity contribution in [2.75, 3.05) is 5.75 Å². The van der Waals surface area contributed by atoms with Crippen molar-refractivity contribution in [2.45, 2.75) is 20.3 Å². The lowest BCUT2D eigenvalue weighted by Crippen LogP contribution is -1.92. The Bertz CT molecular complexity index is 184. The summed E-state index contributed by atoms with van der Waals surface area (Å²) < 4.78 is 2.03. The Labute approximate surface area is 74.1 Å². The van der Waals surface area contributed by atoms with Crippen molar-refractivity contribution < 1.29 is 0 Å². The van der Waals surface area contributed by atoms with E-state index in [-0.39, 0.29) is 0 Å². The third-order valence-corrected chi connectivity index (χ3v) is 1.24. The molecule has 0 aromatic carbocycles. The molecule has 0 unspecified atom stereocenters. The summed E-state index contributed by atoms with van der Waals surface area (Å²) in [5, 5.41) is 0. The second-order valence-electron chi connectivity index (χ2n) is 2.12. The quantitative estimate of drug-likeness (QED) is 0.641. The van der Waals surface area contributed by atoms with Crippen molar-refractivity contribution in [2.24, 2.45) is 7.05 Å². The van der Waals surface area contributed by atoms with Crippen molar-refractivity contribution in [1.82, 2.24) is 9.55 Å². The Morgan fingerprint density at radius 2 is 2.09 bits per heavy atom. The van der Waals surface area contributed by atoms with E-state index in [1.54, 1.807) is 0 Å². The maximum Gasteiger partial charge on any atom is 0.108 e. The first-order valence-corrected chi connectivity index (χ1v) is 4.46. The Morgan fingerprint density at radius 1 is 1.55 bits per heavy atom. The predicted octanol–water partition coefficient (Wildman–Crippen LogP) is 1.92. The number of hydrogen-bond acceptors (Lipinski definition) is 2. The van der Waals surface area contributed by atoms with E-state index in [4.69, 9.17) is 0 Å². The summed E-state index contributed by atoms with van der Waals surface area (Å²) in [6.07, 6.45) is 4.79. The van der Waals surface area contributed by atoms with E-state index >= 15 is 0 Å². The number of aryl methyl sites for hydroxylation is 2. The molecule has 0 saturated carbocycles. The van der Waals surface area contributed by atoms with Crippen LogP contribution in [0.4, 0.5) is 0 Å². The summed E-state index contributed by atoms with van der Waals surface area (Å²) in [5.41, 5.74) is 0. The van der Waals surface area contributed by atoms with Crippen LogP contribution < -0.4 is 0 Å². The number of rotatable bonds is 1. The first kappa shape index (κ1) is 10.6. The third kappa shape index (κ3) is 4.09. The van der Waals surface area contributed by atoms with Crippen molar-refractivity contribution in [3.8, 4) is 0 Å². The van der Waals surface area contributed by atoms with Gasteiger partial charge in [-0.1, -0.05) is 13.8 Å². The van der Waals surface area contributed by atoms with E-state index in [1.165, 1.54) is 0 Å². The van der Waals surface area contributed by atoms with Crippen molar-refractivity contribution >= 4 is 12.6 Å². The standard InChI is InChI=1S/C6H10N2.C2H6S/c1-3-6-7-4-5-8(6)2;1-2-3/h4-5H,3H2,1-2H3;3H,2H2,1H3. The van der Waals surface area contributed by atoms with Crippen LogP contribution in [-0.2, 0) is 13.5 Å². The van der Waals surface area contributed by atoms with Gasteiger partial charge in [0.25, 0.3) is 0 Å². The fourth-order valence-electron chi connectivity index (χ4n) is 0.737. The second-order valence-corrected chi connectivity index (χ2v) is 2.76. The predicted molar refractivity (Wildman–Crippen MR) is 52.1 cm³/mol. The average molecular weight is 172 g/mol. The molecule has 0 saturated heterocycles. The van der Waals surface area contributed by atoms with Gasteiger partial charge >= 0.3 is 0 Å². The molecule has 3 heteroatoms. The van der Waals surface area contributed by atoms with Gasteiger partial charge in [-0.3, -0.25) is 0 Å². The lowest BCUT2D eigenvalue weighted by atomic mass is 10.5. The molecule has 1 heterocycles. The first-order chi connectivity index (χ1) is 5.26. The Hall–Kier alpha value is -0.440. The van der Waals surface area contributed by atoms with Crippen LogP contribution in [0.15, 0.2) is 12.4 Å². The smallest absolute Gasteiger partial charge is 0.108 e. The summed E-state index contributed by atoms with van der Waals surface area (Å²) in [7, 11) is 2.01. The molecular weight excluding hydrogens is 156 g/mol. The van der Waals surface area contributed by atoms with E-state index in [1.807, 2.05) is 30.9 Å². The van der Waals surface area contributed by atoms with Gasteiger partial charge in [0.1, 0.15) is 5.82 Å². The van der Waals surface area contributed by atoms with Crippen molar-refractivity contribution in [3.05, 3.63) is 18.2 Å². The number of imidazole rings is 1. The minimum Gasteiger partial charge on any atom is -0.338 e. The molecule has 1 aromatic heterocycles. The van der Waals surface area contributed by atoms with Gasteiger partial charge in [-0.05, 0) is 5.75 Å². The Morgan fingerprint density at radius 3 is 2.27 bits per heavy atom. The van der Waals surface area contributed by atoms with Crippen LogP contribution in [0.3, 0.4) is 0 Å². The first-order valence-electron chi connectivity index (χ1n) is 3.83. The van der Waals surface area contributed by atoms with Gasteiger partial charge in [0.2, 0.25) is 0 Å².